The lowest BCUT2D eigenvalue weighted by Crippen LogP contribution is -2.30. The summed E-state index contributed by atoms with van der Waals surface area (Å²) in [5.41, 5.74) is 2.11. The van der Waals surface area contributed by atoms with E-state index in [1.807, 2.05) is 24.3 Å². The van der Waals surface area contributed by atoms with Crippen molar-refractivity contribution < 1.29 is 4.79 Å². The molecule has 17 heavy (non-hydrogen) atoms. The molecule has 2 heteroatoms. The van der Waals surface area contributed by atoms with Gasteiger partial charge < -0.3 is 0 Å². The quantitative estimate of drug-likeness (QED) is 0.674. The van der Waals surface area contributed by atoms with Crippen molar-refractivity contribution in [2.75, 3.05) is 19.6 Å². The van der Waals surface area contributed by atoms with Gasteiger partial charge in [-0.1, -0.05) is 45.0 Å². The predicted octanol–water partition coefficient (Wildman–Crippen LogP) is 3.16. The van der Waals surface area contributed by atoms with E-state index in [2.05, 4.69) is 25.7 Å². The van der Waals surface area contributed by atoms with Crippen molar-refractivity contribution in [3.8, 4) is 0 Å². The maximum Gasteiger partial charge on any atom is 0.176 e. The fourth-order valence-electron chi connectivity index (χ4n) is 1.89. The van der Waals surface area contributed by atoms with Crippen LogP contribution in [0.5, 0.6) is 0 Å². The lowest BCUT2D eigenvalue weighted by molar-refractivity contribution is 0.0934. The van der Waals surface area contributed by atoms with Gasteiger partial charge in [0.25, 0.3) is 0 Å². The van der Waals surface area contributed by atoms with Crippen molar-refractivity contribution in [1.29, 1.82) is 0 Å². The van der Waals surface area contributed by atoms with Crippen LogP contribution in [0.3, 0.4) is 0 Å². The van der Waals surface area contributed by atoms with Crippen molar-refractivity contribution in [2.45, 2.75) is 33.6 Å². The first kappa shape index (κ1) is 13.9. The molecule has 0 aliphatic rings. The number of likely N-dealkylation sites (N-methyl/N-ethyl adjacent to an activating group) is 1. The molecule has 0 saturated heterocycles. The first-order chi connectivity index (χ1) is 8.21. The second-order valence-electron chi connectivity index (χ2n) is 4.34. The number of carbonyl (C=O) groups is 1. The van der Waals surface area contributed by atoms with Crippen LogP contribution in [0.1, 0.15) is 43.1 Å². The summed E-state index contributed by atoms with van der Waals surface area (Å²) in [6.45, 7) is 8.83. The van der Waals surface area contributed by atoms with Crippen LogP contribution in [-0.2, 0) is 6.42 Å². The highest BCUT2D eigenvalue weighted by atomic mass is 16.1. The maximum atomic E-state index is 12.0. The first-order valence-corrected chi connectivity index (χ1v) is 6.55. The van der Waals surface area contributed by atoms with E-state index in [4.69, 9.17) is 0 Å². The number of benzene rings is 1. The van der Waals surface area contributed by atoms with E-state index >= 15 is 0 Å². The van der Waals surface area contributed by atoms with Gasteiger partial charge in [-0.15, -0.1) is 0 Å². The number of rotatable bonds is 7. The molecular weight excluding hydrogens is 210 g/mol. The molecule has 0 unspecified atom stereocenters. The van der Waals surface area contributed by atoms with E-state index in [0.29, 0.717) is 6.54 Å². The fraction of sp³-hybridized carbons (Fsp3) is 0.533. The monoisotopic (exact) mass is 233 g/mol. The van der Waals surface area contributed by atoms with Gasteiger partial charge in [-0.25, -0.2) is 0 Å². The molecule has 0 fully saturated rings. The number of nitrogens with zero attached hydrogens (tertiary/aromatic N) is 1. The lowest BCUT2D eigenvalue weighted by atomic mass is 10.1. The molecule has 94 valence electrons. The maximum absolute atomic E-state index is 12.0. The Morgan fingerprint density at radius 2 is 1.76 bits per heavy atom. The van der Waals surface area contributed by atoms with Crippen molar-refractivity contribution in [3.05, 3.63) is 35.4 Å². The van der Waals surface area contributed by atoms with Gasteiger partial charge in [0.05, 0.1) is 6.54 Å². The predicted molar refractivity (Wildman–Crippen MR) is 72.6 cm³/mol. The third-order valence-electron chi connectivity index (χ3n) is 3.04. The summed E-state index contributed by atoms with van der Waals surface area (Å²) in [5, 5.41) is 0. The number of hydrogen-bond donors (Lipinski definition) is 0. The van der Waals surface area contributed by atoms with Gasteiger partial charge in [0.2, 0.25) is 0 Å². The van der Waals surface area contributed by atoms with Crippen LogP contribution in [0.4, 0.5) is 0 Å². The van der Waals surface area contributed by atoms with Crippen LogP contribution in [0.25, 0.3) is 0 Å². The molecule has 0 atom stereocenters. The Bertz CT molecular complexity index is 342. The summed E-state index contributed by atoms with van der Waals surface area (Å²) in [5.74, 6) is 0.225. The van der Waals surface area contributed by atoms with E-state index in [0.717, 1.165) is 31.5 Å². The SMILES string of the molecule is CCCN(CC)CC(=O)c1ccc(CC)cc1. The molecule has 0 amide bonds. The van der Waals surface area contributed by atoms with Crippen LogP contribution in [0, 0.1) is 0 Å². The minimum absolute atomic E-state index is 0.225. The Kier molecular flexibility index (Phi) is 5.92. The molecule has 0 saturated carbocycles. The zero-order valence-electron chi connectivity index (χ0n) is 11.2. The van der Waals surface area contributed by atoms with E-state index in [-0.39, 0.29) is 5.78 Å². The van der Waals surface area contributed by atoms with Crippen LogP contribution < -0.4 is 0 Å². The second-order valence-corrected chi connectivity index (χ2v) is 4.34. The van der Waals surface area contributed by atoms with Gasteiger partial charge in [0, 0.05) is 5.56 Å². The van der Waals surface area contributed by atoms with Crippen LogP contribution in [-0.4, -0.2) is 30.3 Å². The Hall–Kier alpha value is -1.15. The zero-order valence-corrected chi connectivity index (χ0v) is 11.2. The zero-order chi connectivity index (χ0) is 12.7. The third-order valence-corrected chi connectivity index (χ3v) is 3.04. The molecule has 1 rings (SSSR count). The Balaban J connectivity index is 2.62. The van der Waals surface area contributed by atoms with Gasteiger partial charge in [-0.05, 0) is 31.5 Å². The normalized spacial score (nSPS) is 10.8. The summed E-state index contributed by atoms with van der Waals surface area (Å²) in [7, 11) is 0. The number of aryl methyl sites for hydroxylation is 1. The van der Waals surface area contributed by atoms with Crippen LogP contribution in [0.15, 0.2) is 24.3 Å². The molecule has 0 spiro atoms. The minimum Gasteiger partial charge on any atom is -0.296 e. The molecule has 1 aromatic carbocycles. The third kappa shape index (κ3) is 4.31. The van der Waals surface area contributed by atoms with Crippen molar-refractivity contribution in [2.24, 2.45) is 0 Å². The number of carbonyl (C=O) groups excluding carboxylic acids is 1. The molecule has 2 nitrogen and oxygen atoms in total. The summed E-state index contributed by atoms with van der Waals surface area (Å²) < 4.78 is 0. The van der Waals surface area contributed by atoms with Gasteiger partial charge in [0.1, 0.15) is 0 Å². The van der Waals surface area contributed by atoms with Crippen molar-refractivity contribution >= 4 is 5.78 Å². The van der Waals surface area contributed by atoms with Gasteiger partial charge >= 0.3 is 0 Å². The molecule has 0 N–H and O–H groups in total. The smallest absolute Gasteiger partial charge is 0.176 e. The van der Waals surface area contributed by atoms with E-state index in [1.165, 1.54) is 5.56 Å². The average Bonchev–Trinajstić information content (AvgIpc) is 2.38. The molecule has 0 aromatic heterocycles. The van der Waals surface area contributed by atoms with Crippen molar-refractivity contribution in [1.82, 2.24) is 4.90 Å². The number of ketones is 1. The molecule has 0 radical (unpaired) electrons. The summed E-state index contributed by atoms with van der Waals surface area (Å²) in [4.78, 5) is 14.2. The van der Waals surface area contributed by atoms with Crippen LogP contribution in [0.2, 0.25) is 0 Å². The Labute approximate surface area is 105 Å². The summed E-state index contributed by atoms with van der Waals surface area (Å²) in [6.07, 6.45) is 2.11. The van der Waals surface area contributed by atoms with Gasteiger partial charge in [-0.3, -0.25) is 9.69 Å². The summed E-state index contributed by atoms with van der Waals surface area (Å²) in [6, 6.07) is 7.98. The Morgan fingerprint density at radius 3 is 2.24 bits per heavy atom. The number of hydrogen-bond acceptors (Lipinski definition) is 2. The highest BCUT2D eigenvalue weighted by molar-refractivity contribution is 5.97. The fourth-order valence-corrected chi connectivity index (χ4v) is 1.89. The topological polar surface area (TPSA) is 20.3 Å². The molecule has 0 heterocycles. The lowest BCUT2D eigenvalue weighted by Gasteiger charge is -2.18. The largest absolute Gasteiger partial charge is 0.296 e. The van der Waals surface area contributed by atoms with Gasteiger partial charge in [0.15, 0.2) is 5.78 Å². The van der Waals surface area contributed by atoms with E-state index in [1.54, 1.807) is 0 Å². The molecule has 0 bridgehead atoms. The standard InChI is InChI=1S/C15H23NO/c1-4-11-16(6-3)12-15(17)14-9-7-13(5-2)8-10-14/h7-10H,4-6,11-12H2,1-3H3. The molecule has 0 aliphatic heterocycles. The minimum atomic E-state index is 0.225. The second kappa shape index (κ2) is 7.23. The van der Waals surface area contributed by atoms with Crippen LogP contribution >= 0.6 is 0 Å². The highest BCUT2D eigenvalue weighted by Crippen LogP contribution is 2.07. The first-order valence-electron chi connectivity index (χ1n) is 6.55. The van der Waals surface area contributed by atoms with Crippen molar-refractivity contribution in [3.63, 3.8) is 0 Å². The Morgan fingerprint density at radius 1 is 1.12 bits per heavy atom. The average molecular weight is 233 g/mol. The molecule has 1 aromatic rings. The molecule has 0 aliphatic carbocycles. The number of Topliss-reactive ketones (excluding diaryl/α,β-unsaturated/α-hetero) is 1. The van der Waals surface area contributed by atoms with Gasteiger partial charge in [-0.2, -0.15) is 0 Å². The van der Waals surface area contributed by atoms with E-state index < -0.39 is 0 Å². The summed E-state index contributed by atoms with van der Waals surface area (Å²) >= 11 is 0. The van der Waals surface area contributed by atoms with E-state index in [9.17, 15) is 4.79 Å². The highest BCUT2D eigenvalue weighted by Gasteiger charge is 2.10. The molecular formula is C15H23NO.